The first-order valence-electron chi connectivity index (χ1n) is 8.01. The number of aliphatic imine (C=N–C) groups is 1. The van der Waals surface area contributed by atoms with Gasteiger partial charge in [0.1, 0.15) is 0 Å². The van der Waals surface area contributed by atoms with Gasteiger partial charge in [0.05, 0.1) is 11.4 Å². The molecule has 0 atom stereocenters. The maximum absolute atomic E-state index is 4.83. The van der Waals surface area contributed by atoms with Gasteiger partial charge in [0.2, 0.25) is 0 Å². The van der Waals surface area contributed by atoms with Gasteiger partial charge in [0, 0.05) is 14.9 Å². The zero-order chi connectivity index (χ0) is 17.5. The van der Waals surface area contributed by atoms with Crippen molar-refractivity contribution in [2.45, 2.75) is 11.8 Å². The first-order chi connectivity index (χ1) is 12.2. The van der Waals surface area contributed by atoms with Crippen LogP contribution in [0.5, 0.6) is 0 Å². The molecule has 1 nitrogen and oxygen atoms in total. The van der Waals surface area contributed by atoms with Crippen molar-refractivity contribution in [3.05, 3.63) is 106 Å². The van der Waals surface area contributed by atoms with Crippen LogP contribution in [-0.2, 0) is 0 Å². The fourth-order valence-corrected chi connectivity index (χ4v) is 3.60. The lowest BCUT2D eigenvalue weighted by atomic mass is 10.1. The number of hydrogen-bond donors (Lipinski definition) is 0. The molecular formula is C22H18BrNS. The zero-order valence-electron chi connectivity index (χ0n) is 13.9. The van der Waals surface area contributed by atoms with E-state index >= 15 is 0 Å². The zero-order valence-corrected chi connectivity index (χ0v) is 16.3. The summed E-state index contributed by atoms with van der Waals surface area (Å²) < 4.78 is 1.10. The SMILES string of the molecule is Cc1cccc(C(C=CSc2ccccc2Br)=Nc2ccccc2)c1. The van der Waals surface area contributed by atoms with Crippen molar-refractivity contribution in [1.29, 1.82) is 0 Å². The van der Waals surface area contributed by atoms with Crippen LogP contribution in [0.4, 0.5) is 5.69 Å². The number of nitrogens with zero attached hydrogens (tertiary/aromatic N) is 1. The normalized spacial score (nSPS) is 11.8. The second-order valence-corrected chi connectivity index (χ2v) is 7.36. The Morgan fingerprint density at radius 2 is 1.68 bits per heavy atom. The number of benzene rings is 3. The molecule has 0 fully saturated rings. The summed E-state index contributed by atoms with van der Waals surface area (Å²) in [6.45, 7) is 2.10. The highest BCUT2D eigenvalue weighted by Crippen LogP contribution is 2.28. The number of aryl methyl sites for hydroxylation is 1. The van der Waals surface area contributed by atoms with Gasteiger partial charge >= 0.3 is 0 Å². The molecule has 25 heavy (non-hydrogen) atoms. The average molecular weight is 408 g/mol. The summed E-state index contributed by atoms with van der Waals surface area (Å²) in [7, 11) is 0. The minimum absolute atomic E-state index is 0.953. The number of thioether (sulfide) groups is 1. The third-order valence-electron chi connectivity index (χ3n) is 3.58. The van der Waals surface area contributed by atoms with Gasteiger partial charge < -0.3 is 0 Å². The lowest BCUT2D eigenvalue weighted by Crippen LogP contribution is -1.96. The van der Waals surface area contributed by atoms with E-state index in [9.17, 15) is 0 Å². The van der Waals surface area contributed by atoms with Gasteiger partial charge in [0.25, 0.3) is 0 Å². The van der Waals surface area contributed by atoms with Crippen molar-refractivity contribution in [2.24, 2.45) is 4.99 Å². The number of allylic oxidation sites excluding steroid dienone is 1. The predicted octanol–water partition coefficient (Wildman–Crippen LogP) is 7.18. The number of halogens is 1. The van der Waals surface area contributed by atoms with Gasteiger partial charge in [0.15, 0.2) is 0 Å². The summed E-state index contributed by atoms with van der Waals surface area (Å²) in [5.41, 5.74) is 4.25. The highest BCUT2D eigenvalue weighted by atomic mass is 79.9. The average Bonchev–Trinajstić information content (AvgIpc) is 2.63. The van der Waals surface area contributed by atoms with Gasteiger partial charge in [-0.25, -0.2) is 4.99 Å². The molecular weight excluding hydrogens is 390 g/mol. The Morgan fingerprint density at radius 3 is 2.44 bits per heavy atom. The van der Waals surface area contributed by atoms with Gasteiger partial charge in [-0.15, -0.1) is 0 Å². The monoisotopic (exact) mass is 407 g/mol. The second kappa shape index (κ2) is 8.84. The van der Waals surface area contributed by atoms with E-state index in [2.05, 4.69) is 70.7 Å². The molecule has 0 aromatic heterocycles. The third-order valence-corrected chi connectivity index (χ3v) is 5.41. The fourth-order valence-electron chi connectivity index (χ4n) is 2.36. The molecule has 3 aromatic carbocycles. The van der Waals surface area contributed by atoms with Gasteiger partial charge in [-0.1, -0.05) is 65.9 Å². The molecule has 0 bridgehead atoms. The number of rotatable bonds is 5. The smallest absolute Gasteiger partial charge is 0.0714 e. The number of para-hydroxylation sites is 1. The second-order valence-electron chi connectivity index (χ2n) is 5.55. The topological polar surface area (TPSA) is 12.4 Å². The quantitative estimate of drug-likeness (QED) is 0.322. The maximum atomic E-state index is 4.83. The molecule has 0 spiro atoms. The van der Waals surface area contributed by atoms with Crippen LogP contribution in [0.2, 0.25) is 0 Å². The molecule has 124 valence electrons. The van der Waals surface area contributed by atoms with Crippen molar-refractivity contribution < 1.29 is 0 Å². The molecule has 0 aliphatic carbocycles. The van der Waals surface area contributed by atoms with E-state index < -0.39 is 0 Å². The molecule has 3 rings (SSSR count). The van der Waals surface area contributed by atoms with Crippen molar-refractivity contribution in [3.8, 4) is 0 Å². The van der Waals surface area contributed by atoms with Crippen LogP contribution in [0, 0.1) is 6.92 Å². The molecule has 0 aliphatic rings. The van der Waals surface area contributed by atoms with Crippen molar-refractivity contribution in [3.63, 3.8) is 0 Å². The molecule has 0 unspecified atom stereocenters. The summed E-state index contributed by atoms with van der Waals surface area (Å²) in [6, 6.07) is 26.7. The van der Waals surface area contributed by atoms with Crippen molar-refractivity contribution >= 4 is 39.1 Å². The fraction of sp³-hybridized carbons (Fsp3) is 0.0455. The highest BCUT2D eigenvalue weighted by molar-refractivity contribution is 9.10. The summed E-state index contributed by atoms with van der Waals surface area (Å²) in [5, 5.41) is 2.09. The molecule has 0 saturated heterocycles. The van der Waals surface area contributed by atoms with E-state index in [4.69, 9.17) is 4.99 Å². The molecule has 0 radical (unpaired) electrons. The highest BCUT2D eigenvalue weighted by Gasteiger charge is 2.02. The molecule has 3 aromatic rings. The first kappa shape index (κ1) is 17.7. The molecule has 3 heteroatoms. The van der Waals surface area contributed by atoms with Crippen LogP contribution in [0.1, 0.15) is 11.1 Å². The lowest BCUT2D eigenvalue weighted by Gasteiger charge is -2.05. The Morgan fingerprint density at radius 1 is 0.920 bits per heavy atom. The predicted molar refractivity (Wildman–Crippen MR) is 113 cm³/mol. The molecule has 0 amide bonds. The summed E-state index contributed by atoms with van der Waals surface area (Å²) in [4.78, 5) is 6.01. The van der Waals surface area contributed by atoms with Crippen LogP contribution in [0.15, 0.2) is 105 Å². The van der Waals surface area contributed by atoms with E-state index in [1.54, 1.807) is 11.8 Å². The van der Waals surface area contributed by atoms with E-state index in [1.165, 1.54) is 10.5 Å². The van der Waals surface area contributed by atoms with E-state index in [0.29, 0.717) is 0 Å². The lowest BCUT2D eigenvalue weighted by molar-refractivity contribution is 1.41. The Balaban J connectivity index is 1.90. The van der Waals surface area contributed by atoms with E-state index in [-0.39, 0.29) is 0 Å². The van der Waals surface area contributed by atoms with Gasteiger partial charge in [-0.3, -0.25) is 0 Å². The summed E-state index contributed by atoms with van der Waals surface area (Å²) >= 11 is 5.26. The molecule has 0 N–H and O–H groups in total. The molecule has 0 saturated carbocycles. The Labute approximate surface area is 161 Å². The van der Waals surface area contributed by atoms with Gasteiger partial charge in [-0.2, -0.15) is 0 Å². The Hall–Kier alpha value is -2.10. The van der Waals surface area contributed by atoms with Crippen LogP contribution in [0.3, 0.4) is 0 Å². The Bertz CT molecular complexity index is 901. The van der Waals surface area contributed by atoms with E-state index in [1.807, 2.05) is 42.5 Å². The van der Waals surface area contributed by atoms with Crippen molar-refractivity contribution in [1.82, 2.24) is 0 Å². The summed E-state index contributed by atoms with van der Waals surface area (Å²) in [5.74, 6) is 0. The Kier molecular flexibility index (Phi) is 6.26. The number of hydrogen-bond acceptors (Lipinski definition) is 2. The standard InChI is InChI=1S/C22H18BrNS/c1-17-8-7-9-18(16-17)21(24-19-10-3-2-4-11-19)14-15-25-22-13-6-5-12-20(22)23/h2-16H,1H3. The van der Waals surface area contributed by atoms with Crippen LogP contribution in [0.25, 0.3) is 0 Å². The first-order valence-corrected chi connectivity index (χ1v) is 9.68. The molecule has 0 heterocycles. The minimum Gasteiger partial charge on any atom is -0.248 e. The van der Waals surface area contributed by atoms with Gasteiger partial charge in [-0.05, 0) is 64.7 Å². The van der Waals surface area contributed by atoms with E-state index in [0.717, 1.165) is 21.4 Å². The minimum atomic E-state index is 0.953. The van der Waals surface area contributed by atoms with Crippen LogP contribution < -0.4 is 0 Å². The summed E-state index contributed by atoms with van der Waals surface area (Å²) in [6.07, 6.45) is 2.08. The van der Waals surface area contributed by atoms with Crippen LogP contribution in [-0.4, -0.2) is 5.71 Å². The van der Waals surface area contributed by atoms with Crippen LogP contribution >= 0.6 is 27.7 Å². The van der Waals surface area contributed by atoms with Crippen molar-refractivity contribution in [2.75, 3.05) is 0 Å². The molecule has 0 aliphatic heterocycles. The maximum Gasteiger partial charge on any atom is 0.0714 e. The third kappa shape index (κ3) is 5.18. The largest absolute Gasteiger partial charge is 0.248 e.